The normalized spacial score (nSPS) is 11.5. The van der Waals surface area contributed by atoms with Crippen LogP contribution < -0.4 is 5.32 Å². The van der Waals surface area contributed by atoms with Crippen molar-refractivity contribution in [3.8, 4) is 6.07 Å². The first-order valence-electron chi connectivity index (χ1n) is 8.59. The first-order chi connectivity index (χ1) is 12.5. The Morgan fingerprint density at radius 3 is 2.81 bits per heavy atom. The Kier molecular flexibility index (Phi) is 4.94. The molecular weight excluding hydrogens is 324 g/mol. The van der Waals surface area contributed by atoms with Crippen LogP contribution in [-0.2, 0) is 18.3 Å². The molecule has 5 nitrogen and oxygen atoms in total. The van der Waals surface area contributed by atoms with Crippen LogP contribution in [0, 0.1) is 25.2 Å². The van der Waals surface area contributed by atoms with E-state index in [2.05, 4.69) is 16.4 Å². The summed E-state index contributed by atoms with van der Waals surface area (Å²) in [5.74, 6) is -0.340. The van der Waals surface area contributed by atoms with E-state index < -0.39 is 0 Å². The molecule has 0 atom stereocenters. The number of aromatic nitrogens is 2. The maximum atomic E-state index is 12.4. The van der Waals surface area contributed by atoms with Gasteiger partial charge in [-0.05, 0) is 49.6 Å². The van der Waals surface area contributed by atoms with Gasteiger partial charge in [-0.25, -0.2) is 0 Å². The first kappa shape index (κ1) is 17.6. The molecule has 1 aromatic carbocycles. The summed E-state index contributed by atoms with van der Waals surface area (Å²) in [6.07, 6.45) is 4.33. The van der Waals surface area contributed by atoms with Gasteiger partial charge in [-0.1, -0.05) is 18.2 Å². The molecule has 5 heteroatoms. The summed E-state index contributed by atoms with van der Waals surface area (Å²) in [7, 11) is 1.97. The maximum Gasteiger partial charge on any atom is 0.261 e. The topological polar surface area (TPSA) is 73.6 Å². The molecule has 0 saturated carbocycles. The van der Waals surface area contributed by atoms with Gasteiger partial charge in [-0.2, -0.15) is 5.26 Å². The molecular formula is C21H22N4O. The van der Waals surface area contributed by atoms with Crippen molar-refractivity contribution in [2.45, 2.75) is 20.3 Å². The Bertz CT molecular complexity index is 1030. The second-order valence-electron chi connectivity index (χ2n) is 6.42. The van der Waals surface area contributed by atoms with E-state index in [0.717, 1.165) is 33.4 Å². The third-order valence-corrected chi connectivity index (χ3v) is 4.83. The van der Waals surface area contributed by atoms with E-state index in [9.17, 15) is 10.1 Å². The number of aromatic amines is 1. The highest BCUT2D eigenvalue weighted by atomic mass is 16.1. The molecule has 2 N–H and O–H groups in total. The smallest absolute Gasteiger partial charge is 0.261 e. The summed E-state index contributed by atoms with van der Waals surface area (Å²) >= 11 is 0. The molecule has 0 aliphatic heterocycles. The minimum Gasteiger partial charge on any atom is -0.361 e. The molecule has 2 aromatic heterocycles. The Labute approximate surface area is 152 Å². The first-order valence-corrected chi connectivity index (χ1v) is 8.59. The van der Waals surface area contributed by atoms with Gasteiger partial charge in [0.2, 0.25) is 0 Å². The van der Waals surface area contributed by atoms with Gasteiger partial charge in [0.1, 0.15) is 11.6 Å². The van der Waals surface area contributed by atoms with Crippen molar-refractivity contribution in [2.75, 3.05) is 6.54 Å². The molecule has 26 heavy (non-hydrogen) atoms. The van der Waals surface area contributed by atoms with Crippen LogP contribution in [0.2, 0.25) is 0 Å². The summed E-state index contributed by atoms with van der Waals surface area (Å²) in [5, 5.41) is 13.4. The van der Waals surface area contributed by atoms with Crippen molar-refractivity contribution in [3.05, 3.63) is 64.6 Å². The summed E-state index contributed by atoms with van der Waals surface area (Å²) in [6.45, 7) is 4.45. The number of rotatable bonds is 5. The number of carbonyl (C=O) groups excluding carboxylic acids is 1. The maximum absolute atomic E-state index is 12.4. The minimum atomic E-state index is -0.340. The van der Waals surface area contributed by atoms with Gasteiger partial charge in [-0.3, -0.25) is 4.79 Å². The zero-order valence-electron chi connectivity index (χ0n) is 15.3. The molecule has 1 amide bonds. The van der Waals surface area contributed by atoms with E-state index in [0.29, 0.717) is 13.0 Å². The number of fused-ring (bicyclic) bond motifs is 1. The molecule has 3 rings (SSSR count). The third-order valence-electron chi connectivity index (χ3n) is 4.83. The van der Waals surface area contributed by atoms with Crippen molar-refractivity contribution in [1.29, 1.82) is 5.26 Å². The van der Waals surface area contributed by atoms with Crippen LogP contribution in [0.3, 0.4) is 0 Å². The predicted molar refractivity (Wildman–Crippen MR) is 103 cm³/mol. The van der Waals surface area contributed by atoms with E-state index in [1.807, 2.05) is 62.0 Å². The highest BCUT2D eigenvalue weighted by molar-refractivity contribution is 6.01. The van der Waals surface area contributed by atoms with E-state index in [1.54, 1.807) is 6.08 Å². The van der Waals surface area contributed by atoms with Gasteiger partial charge in [0.05, 0.1) is 0 Å². The number of benzene rings is 1. The Morgan fingerprint density at radius 1 is 1.35 bits per heavy atom. The molecule has 2 heterocycles. The quantitative estimate of drug-likeness (QED) is 0.549. The monoisotopic (exact) mass is 346 g/mol. The van der Waals surface area contributed by atoms with Crippen molar-refractivity contribution in [1.82, 2.24) is 14.9 Å². The lowest BCUT2D eigenvalue weighted by Gasteiger charge is -2.04. The number of hydrogen-bond acceptors (Lipinski definition) is 2. The second kappa shape index (κ2) is 7.32. The molecule has 0 radical (unpaired) electrons. The van der Waals surface area contributed by atoms with Gasteiger partial charge in [-0.15, -0.1) is 0 Å². The summed E-state index contributed by atoms with van der Waals surface area (Å²) in [5.41, 5.74) is 5.37. The number of para-hydroxylation sites is 1. The molecule has 0 saturated heterocycles. The fraction of sp³-hybridized carbons (Fsp3) is 0.238. The van der Waals surface area contributed by atoms with Gasteiger partial charge in [0.25, 0.3) is 5.91 Å². The standard InChI is InChI=1S/C21H22N4O/c1-14-10-17(15(2)25(14)3)11-18(12-22)21(26)23-9-8-16-13-24-20-7-5-4-6-19(16)20/h4-7,10-11,13,24H,8-9H2,1-3H3,(H,23,26)/b18-11-. The number of nitriles is 1. The highest BCUT2D eigenvalue weighted by Crippen LogP contribution is 2.18. The van der Waals surface area contributed by atoms with Crippen LogP contribution in [0.1, 0.15) is 22.5 Å². The largest absolute Gasteiger partial charge is 0.361 e. The summed E-state index contributed by atoms with van der Waals surface area (Å²) in [6, 6.07) is 12.1. The average molecular weight is 346 g/mol. The molecule has 0 spiro atoms. The van der Waals surface area contributed by atoms with E-state index in [4.69, 9.17) is 0 Å². The zero-order valence-corrected chi connectivity index (χ0v) is 15.3. The molecule has 132 valence electrons. The molecule has 0 bridgehead atoms. The molecule has 0 aliphatic rings. The van der Waals surface area contributed by atoms with Crippen molar-refractivity contribution < 1.29 is 4.79 Å². The molecule has 0 fully saturated rings. The third kappa shape index (κ3) is 3.40. The van der Waals surface area contributed by atoms with E-state index >= 15 is 0 Å². The minimum absolute atomic E-state index is 0.123. The SMILES string of the molecule is Cc1cc(/C=C(/C#N)C(=O)NCCc2c[nH]c3ccccc23)c(C)n1C. The predicted octanol–water partition coefficient (Wildman–Crippen LogP) is 3.39. The van der Waals surface area contributed by atoms with Crippen LogP contribution in [0.15, 0.2) is 42.1 Å². The lowest BCUT2D eigenvalue weighted by molar-refractivity contribution is -0.117. The lowest BCUT2D eigenvalue weighted by atomic mass is 10.1. The fourth-order valence-electron chi connectivity index (χ4n) is 3.08. The van der Waals surface area contributed by atoms with Crippen molar-refractivity contribution in [3.63, 3.8) is 0 Å². The Hall–Kier alpha value is -3.26. The van der Waals surface area contributed by atoms with Crippen LogP contribution in [0.5, 0.6) is 0 Å². The summed E-state index contributed by atoms with van der Waals surface area (Å²) < 4.78 is 2.04. The van der Waals surface area contributed by atoms with Crippen LogP contribution >= 0.6 is 0 Å². The van der Waals surface area contributed by atoms with Crippen molar-refractivity contribution >= 4 is 22.9 Å². The van der Waals surface area contributed by atoms with Crippen LogP contribution in [0.25, 0.3) is 17.0 Å². The number of aryl methyl sites for hydroxylation is 1. The molecule has 3 aromatic rings. The van der Waals surface area contributed by atoms with E-state index in [1.165, 1.54) is 0 Å². The number of nitrogens with zero attached hydrogens (tertiary/aromatic N) is 2. The van der Waals surface area contributed by atoms with Gasteiger partial charge in [0.15, 0.2) is 0 Å². The van der Waals surface area contributed by atoms with Gasteiger partial charge < -0.3 is 14.9 Å². The van der Waals surface area contributed by atoms with Crippen LogP contribution in [0.4, 0.5) is 0 Å². The number of nitrogens with one attached hydrogen (secondary N) is 2. The average Bonchev–Trinajstić information content (AvgIpc) is 3.16. The number of H-pyrrole nitrogens is 1. The molecule has 0 unspecified atom stereocenters. The van der Waals surface area contributed by atoms with Gasteiger partial charge >= 0.3 is 0 Å². The van der Waals surface area contributed by atoms with Gasteiger partial charge in [0, 0.05) is 42.1 Å². The van der Waals surface area contributed by atoms with Crippen molar-refractivity contribution in [2.24, 2.45) is 7.05 Å². The number of carbonyl (C=O) groups is 1. The lowest BCUT2D eigenvalue weighted by Crippen LogP contribution is -2.26. The van der Waals surface area contributed by atoms with Crippen LogP contribution in [-0.4, -0.2) is 22.0 Å². The summed E-state index contributed by atoms with van der Waals surface area (Å²) in [4.78, 5) is 15.6. The zero-order chi connectivity index (χ0) is 18.7. The van der Waals surface area contributed by atoms with E-state index in [-0.39, 0.29) is 11.5 Å². The Morgan fingerprint density at radius 2 is 2.12 bits per heavy atom. The number of amides is 1. The fourth-order valence-corrected chi connectivity index (χ4v) is 3.08. The number of hydrogen-bond donors (Lipinski definition) is 2. The second-order valence-corrected chi connectivity index (χ2v) is 6.42. The molecule has 0 aliphatic carbocycles. The Balaban J connectivity index is 1.67. The highest BCUT2D eigenvalue weighted by Gasteiger charge is 2.12.